The van der Waals surface area contributed by atoms with E-state index in [1.807, 2.05) is 25.4 Å². The summed E-state index contributed by atoms with van der Waals surface area (Å²) >= 11 is 0. The Hall–Kier alpha value is -3.52. The molecule has 0 unspecified atom stereocenters. The molecule has 1 aromatic carbocycles. The standard InChI is InChI=1S/C25H26FN5O2/c1-30-15-19(14-28-30)16-8-9-17(20(26)12-16)11-18-13-23(31-22(18)6-4-10-27-31)25(33)29-21-5-2-3-7-24(21)32/h4,6,8-10,12-15,21,24,32H,2-3,5,7,11H2,1H3,(H,29,33)/t21-,24-/m0/s1. The van der Waals surface area contributed by atoms with E-state index in [0.29, 0.717) is 24.1 Å². The highest BCUT2D eigenvalue weighted by atomic mass is 19.1. The fourth-order valence-corrected chi connectivity index (χ4v) is 4.58. The number of aryl methyl sites for hydroxylation is 1. The molecule has 4 aromatic rings. The molecule has 1 aliphatic rings. The molecule has 0 aliphatic heterocycles. The Morgan fingerprint density at radius 3 is 2.76 bits per heavy atom. The molecule has 0 radical (unpaired) electrons. The molecule has 3 aromatic heterocycles. The average Bonchev–Trinajstić information content (AvgIpc) is 3.41. The Morgan fingerprint density at radius 1 is 1.15 bits per heavy atom. The third-order valence-corrected chi connectivity index (χ3v) is 6.37. The molecule has 0 saturated heterocycles. The summed E-state index contributed by atoms with van der Waals surface area (Å²) in [6.45, 7) is 0. The fourth-order valence-electron chi connectivity index (χ4n) is 4.58. The van der Waals surface area contributed by atoms with Gasteiger partial charge in [0.25, 0.3) is 5.91 Å². The Bertz CT molecular complexity index is 1310. The average molecular weight is 448 g/mol. The maximum absolute atomic E-state index is 15.0. The van der Waals surface area contributed by atoms with Crippen LogP contribution in [0.2, 0.25) is 0 Å². The van der Waals surface area contributed by atoms with Crippen LogP contribution in [-0.2, 0) is 13.5 Å². The van der Waals surface area contributed by atoms with Gasteiger partial charge in [0.2, 0.25) is 0 Å². The van der Waals surface area contributed by atoms with Crippen LogP contribution in [0.15, 0.2) is 55.0 Å². The SMILES string of the molecule is Cn1cc(-c2ccc(Cc3cc(C(=O)N[C@H]4CCCC[C@@H]4O)n4ncccc34)c(F)c2)cn1. The summed E-state index contributed by atoms with van der Waals surface area (Å²) in [5.41, 5.74) is 4.09. The first-order chi connectivity index (χ1) is 16.0. The van der Waals surface area contributed by atoms with E-state index in [2.05, 4.69) is 15.5 Å². The van der Waals surface area contributed by atoms with Crippen molar-refractivity contribution in [3.8, 4) is 11.1 Å². The Morgan fingerprint density at radius 2 is 2.00 bits per heavy atom. The lowest BCUT2D eigenvalue weighted by molar-refractivity contribution is 0.0712. The van der Waals surface area contributed by atoms with Crippen molar-refractivity contribution >= 4 is 11.4 Å². The van der Waals surface area contributed by atoms with Crippen LogP contribution >= 0.6 is 0 Å². The maximum atomic E-state index is 15.0. The van der Waals surface area contributed by atoms with Crippen LogP contribution in [0.5, 0.6) is 0 Å². The van der Waals surface area contributed by atoms with Crippen molar-refractivity contribution in [1.29, 1.82) is 0 Å². The number of nitrogens with zero attached hydrogens (tertiary/aromatic N) is 4. The Balaban J connectivity index is 1.43. The van der Waals surface area contributed by atoms with Gasteiger partial charge in [-0.15, -0.1) is 0 Å². The Labute approximate surface area is 190 Å². The summed E-state index contributed by atoms with van der Waals surface area (Å²) in [4.78, 5) is 13.0. The number of benzene rings is 1. The number of hydrogen-bond acceptors (Lipinski definition) is 4. The molecule has 33 heavy (non-hydrogen) atoms. The van der Waals surface area contributed by atoms with Gasteiger partial charge in [0.1, 0.15) is 11.5 Å². The van der Waals surface area contributed by atoms with Gasteiger partial charge in [-0.25, -0.2) is 8.91 Å². The van der Waals surface area contributed by atoms with E-state index < -0.39 is 6.10 Å². The van der Waals surface area contributed by atoms with Crippen LogP contribution in [0.1, 0.15) is 47.3 Å². The molecule has 1 fully saturated rings. The van der Waals surface area contributed by atoms with Gasteiger partial charge in [0.15, 0.2) is 0 Å². The molecule has 0 spiro atoms. The van der Waals surface area contributed by atoms with Crippen LogP contribution in [0, 0.1) is 5.82 Å². The zero-order chi connectivity index (χ0) is 22.9. The van der Waals surface area contributed by atoms with Crippen LogP contribution in [0.4, 0.5) is 4.39 Å². The largest absolute Gasteiger partial charge is 0.391 e. The molecular formula is C25H26FN5O2. The molecular weight excluding hydrogens is 421 g/mol. The van der Waals surface area contributed by atoms with Crippen molar-refractivity contribution in [3.05, 3.63) is 77.6 Å². The van der Waals surface area contributed by atoms with Gasteiger partial charge in [-0.3, -0.25) is 9.48 Å². The number of aliphatic hydroxyl groups excluding tert-OH is 1. The van der Waals surface area contributed by atoms with E-state index in [4.69, 9.17) is 0 Å². The number of aliphatic hydroxyl groups is 1. The van der Waals surface area contributed by atoms with Crippen LogP contribution in [0.25, 0.3) is 16.6 Å². The number of aromatic nitrogens is 4. The van der Waals surface area contributed by atoms with Gasteiger partial charge in [-0.1, -0.05) is 25.0 Å². The molecule has 7 nitrogen and oxygen atoms in total. The lowest BCUT2D eigenvalue weighted by Gasteiger charge is -2.28. The van der Waals surface area contributed by atoms with Crippen molar-refractivity contribution in [2.45, 2.75) is 44.2 Å². The van der Waals surface area contributed by atoms with Crippen molar-refractivity contribution in [2.75, 3.05) is 0 Å². The summed E-state index contributed by atoms with van der Waals surface area (Å²) in [5.74, 6) is -0.593. The quantitative estimate of drug-likeness (QED) is 0.491. The number of rotatable bonds is 5. The summed E-state index contributed by atoms with van der Waals surface area (Å²) in [7, 11) is 1.82. The summed E-state index contributed by atoms with van der Waals surface area (Å²) in [5, 5.41) is 21.7. The summed E-state index contributed by atoms with van der Waals surface area (Å²) < 4.78 is 18.3. The second kappa shape index (κ2) is 8.78. The minimum atomic E-state index is -0.534. The van der Waals surface area contributed by atoms with Gasteiger partial charge >= 0.3 is 0 Å². The topological polar surface area (TPSA) is 84.5 Å². The first-order valence-corrected chi connectivity index (χ1v) is 11.2. The number of carbonyl (C=O) groups is 1. The lowest BCUT2D eigenvalue weighted by atomic mass is 9.92. The van der Waals surface area contributed by atoms with E-state index in [1.165, 1.54) is 6.07 Å². The fraction of sp³-hybridized carbons (Fsp3) is 0.320. The number of fused-ring (bicyclic) bond motifs is 1. The molecule has 8 heteroatoms. The highest BCUT2D eigenvalue weighted by molar-refractivity contribution is 5.94. The molecule has 2 N–H and O–H groups in total. The highest BCUT2D eigenvalue weighted by Gasteiger charge is 2.26. The highest BCUT2D eigenvalue weighted by Crippen LogP contribution is 2.26. The van der Waals surface area contributed by atoms with Crippen molar-refractivity contribution in [3.63, 3.8) is 0 Å². The van der Waals surface area contributed by atoms with E-state index >= 15 is 0 Å². The second-order valence-corrected chi connectivity index (χ2v) is 8.69. The maximum Gasteiger partial charge on any atom is 0.270 e. The van der Waals surface area contributed by atoms with Crippen LogP contribution in [-0.4, -0.2) is 42.6 Å². The third kappa shape index (κ3) is 4.26. The molecule has 5 rings (SSSR count). The summed E-state index contributed by atoms with van der Waals surface area (Å²) in [6, 6.07) is 10.3. The molecule has 2 atom stereocenters. The van der Waals surface area contributed by atoms with Crippen molar-refractivity contribution < 1.29 is 14.3 Å². The molecule has 170 valence electrons. The van der Waals surface area contributed by atoms with E-state index in [1.54, 1.807) is 39.8 Å². The zero-order valence-electron chi connectivity index (χ0n) is 18.4. The predicted molar refractivity (Wildman–Crippen MR) is 122 cm³/mol. The second-order valence-electron chi connectivity index (χ2n) is 8.69. The molecule has 1 amide bonds. The molecule has 0 bridgehead atoms. The smallest absolute Gasteiger partial charge is 0.270 e. The molecule has 1 aliphatic carbocycles. The van der Waals surface area contributed by atoms with Gasteiger partial charge in [0.05, 0.1) is 23.9 Å². The normalized spacial score (nSPS) is 18.5. The number of halogens is 1. The van der Waals surface area contributed by atoms with Gasteiger partial charge in [0, 0.05) is 31.4 Å². The first kappa shape index (κ1) is 21.3. The molecule has 1 saturated carbocycles. The van der Waals surface area contributed by atoms with E-state index in [9.17, 15) is 14.3 Å². The first-order valence-electron chi connectivity index (χ1n) is 11.2. The van der Waals surface area contributed by atoms with Crippen molar-refractivity contribution in [1.82, 2.24) is 24.7 Å². The van der Waals surface area contributed by atoms with Gasteiger partial charge in [-0.2, -0.15) is 10.2 Å². The van der Waals surface area contributed by atoms with Crippen LogP contribution < -0.4 is 5.32 Å². The number of amides is 1. The molecule has 3 heterocycles. The summed E-state index contributed by atoms with van der Waals surface area (Å²) in [6.07, 6.45) is 8.36. The number of carbonyl (C=O) groups excluding carboxylic acids is 1. The number of nitrogens with one attached hydrogen (secondary N) is 1. The van der Waals surface area contributed by atoms with E-state index in [0.717, 1.165) is 41.5 Å². The monoisotopic (exact) mass is 447 g/mol. The third-order valence-electron chi connectivity index (χ3n) is 6.37. The van der Waals surface area contributed by atoms with Gasteiger partial charge in [-0.05, 0) is 53.8 Å². The predicted octanol–water partition coefficient (Wildman–Crippen LogP) is 3.50. The van der Waals surface area contributed by atoms with E-state index in [-0.39, 0.29) is 17.8 Å². The van der Waals surface area contributed by atoms with Gasteiger partial charge < -0.3 is 10.4 Å². The zero-order valence-corrected chi connectivity index (χ0v) is 18.4. The van der Waals surface area contributed by atoms with Crippen LogP contribution in [0.3, 0.4) is 0 Å². The number of hydrogen-bond donors (Lipinski definition) is 2. The Kier molecular flexibility index (Phi) is 5.68. The minimum absolute atomic E-state index is 0.263. The van der Waals surface area contributed by atoms with Crippen molar-refractivity contribution in [2.24, 2.45) is 7.05 Å². The lowest BCUT2D eigenvalue weighted by Crippen LogP contribution is -2.45. The minimum Gasteiger partial charge on any atom is -0.391 e.